The van der Waals surface area contributed by atoms with E-state index in [1.165, 1.54) is 0 Å². The second-order valence-electron chi connectivity index (χ2n) is 4.45. The van der Waals surface area contributed by atoms with Crippen molar-refractivity contribution in [3.8, 4) is 0 Å². The molecule has 0 aliphatic rings. The summed E-state index contributed by atoms with van der Waals surface area (Å²) in [6, 6.07) is 5.31. The highest BCUT2D eigenvalue weighted by Gasteiger charge is 2.14. The molecule has 0 radical (unpaired) electrons. The second-order valence-corrected chi connectivity index (χ2v) is 7.04. The van der Waals surface area contributed by atoms with E-state index < -0.39 is 9.84 Å². The van der Waals surface area contributed by atoms with Gasteiger partial charge in [-0.15, -0.1) is 0 Å². The van der Waals surface area contributed by atoms with Crippen molar-refractivity contribution in [1.82, 2.24) is 0 Å². The molecule has 1 aromatic rings. The lowest BCUT2D eigenvalue weighted by Gasteiger charge is -2.08. The maximum absolute atomic E-state index is 11.8. The van der Waals surface area contributed by atoms with Gasteiger partial charge < -0.3 is 5.73 Å². The number of nitrogens with two attached hydrogens (primary N) is 1. The summed E-state index contributed by atoms with van der Waals surface area (Å²) in [5, 5.41) is 0.509. The fraction of sp³-hybridized carbons (Fsp3) is 0.500. The molecular weight excluding hydrogens is 258 g/mol. The molecule has 2 N–H and O–H groups in total. The minimum absolute atomic E-state index is 0.0150. The van der Waals surface area contributed by atoms with Gasteiger partial charge in [-0.3, -0.25) is 0 Å². The Bertz CT molecular complexity index is 483. The predicted octanol–water partition coefficient (Wildman–Crippen LogP) is 2.30. The molecule has 96 valence electrons. The zero-order chi connectivity index (χ0) is 13.1. The van der Waals surface area contributed by atoms with E-state index >= 15 is 0 Å². The summed E-state index contributed by atoms with van der Waals surface area (Å²) in [7, 11) is -3.13. The van der Waals surface area contributed by atoms with Crippen LogP contribution in [0.2, 0.25) is 5.02 Å². The standard InChI is InChI=1S/C12H18ClNO2S/c1-9-3-4-11(12(13)7-9)8-17(15,16)6-5-10(2)14/h3-4,7,10H,5-6,8,14H2,1-2H3. The van der Waals surface area contributed by atoms with Gasteiger partial charge in [-0.05, 0) is 37.5 Å². The number of rotatable bonds is 5. The molecule has 0 saturated heterocycles. The maximum atomic E-state index is 11.8. The number of hydrogen-bond donors (Lipinski definition) is 1. The Kier molecular flexibility index (Phi) is 4.98. The van der Waals surface area contributed by atoms with Crippen LogP contribution in [0, 0.1) is 6.92 Å². The average molecular weight is 276 g/mol. The molecule has 0 aliphatic carbocycles. The maximum Gasteiger partial charge on any atom is 0.154 e. The number of halogens is 1. The van der Waals surface area contributed by atoms with Crippen LogP contribution in [0.4, 0.5) is 0 Å². The van der Waals surface area contributed by atoms with E-state index in [1.807, 2.05) is 13.0 Å². The van der Waals surface area contributed by atoms with Crippen molar-refractivity contribution in [1.29, 1.82) is 0 Å². The highest BCUT2D eigenvalue weighted by Crippen LogP contribution is 2.20. The first kappa shape index (κ1) is 14.5. The van der Waals surface area contributed by atoms with E-state index in [4.69, 9.17) is 17.3 Å². The lowest BCUT2D eigenvalue weighted by Crippen LogP contribution is -2.20. The van der Waals surface area contributed by atoms with Crippen LogP contribution in [0.15, 0.2) is 18.2 Å². The molecule has 0 amide bonds. The summed E-state index contributed by atoms with van der Waals surface area (Å²) in [6.45, 7) is 3.72. The molecule has 1 atom stereocenters. The van der Waals surface area contributed by atoms with Crippen LogP contribution in [0.25, 0.3) is 0 Å². The number of aryl methyl sites for hydroxylation is 1. The van der Waals surface area contributed by atoms with Crippen molar-refractivity contribution in [2.24, 2.45) is 5.73 Å². The highest BCUT2D eigenvalue weighted by atomic mass is 35.5. The van der Waals surface area contributed by atoms with Crippen LogP contribution in [0.1, 0.15) is 24.5 Å². The van der Waals surface area contributed by atoms with E-state index in [2.05, 4.69) is 0 Å². The Hall–Kier alpha value is -0.580. The molecule has 0 saturated carbocycles. The second kappa shape index (κ2) is 5.85. The first-order valence-electron chi connectivity index (χ1n) is 5.51. The van der Waals surface area contributed by atoms with E-state index in [1.54, 1.807) is 19.1 Å². The normalized spacial score (nSPS) is 13.6. The van der Waals surface area contributed by atoms with Crippen molar-refractivity contribution >= 4 is 21.4 Å². The van der Waals surface area contributed by atoms with Crippen LogP contribution in [0.5, 0.6) is 0 Å². The molecule has 0 heterocycles. The topological polar surface area (TPSA) is 60.2 Å². The Labute approximate surface area is 108 Å². The third-order valence-corrected chi connectivity index (χ3v) is 4.43. The minimum atomic E-state index is -3.13. The molecule has 0 fully saturated rings. The van der Waals surface area contributed by atoms with Gasteiger partial charge in [-0.2, -0.15) is 0 Å². The van der Waals surface area contributed by atoms with Crippen LogP contribution in [-0.2, 0) is 15.6 Å². The van der Waals surface area contributed by atoms with Gasteiger partial charge >= 0.3 is 0 Å². The molecule has 1 aromatic carbocycles. The Morgan fingerprint density at radius 3 is 2.59 bits per heavy atom. The van der Waals surface area contributed by atoms with Crippen LogP contribution in [0.3, 0.4) is 0 Å². The monoisotopic (exact) mass is 275 g/mol. The number of sulfone groups is 1. The summed E-state index contributed by atoms with van der Waals surface area (Å²) in [4.78, 5) is 0. The van der Waals surface area contributed by atoms with Gasteiger partial charge in [0.1, 0.15) is 0 Å². The van der Waals surface area contributed by atoms with Crippen molar-refractivity contribution in [3.05, 3.63) is 34.3 Å². The minimum Gasteiger partial charge on any atom is -0.328 e. The smallest absolute Gasteiger partial charge is 0.154 e. The van der Waals surface area contributed by atoms with Gasteiger partial charge in [0, 0.05) is 11.1 Å². The Balaban J connectivity index is 2.76. The molecule has 5 heteroatoms. The summed E-state index contributed by atoms with van der Waals surface area (Å²) >= 11 is 6.01. The van der Waals surface area contributed by atoms with E-state index in [9.17, 15) is 8.42 Å². The van der Waals surface area contributed by atoms with Gasteiger partial charge in [0.05, 0.1) is 11.5 Å². The van der Waals surface area contributed by atoms with Gasteiger partial charge in [-0.25, -0.2) is 8.42 Å². The predicted molar refractivity (Wildman–Crippen MR) is 71.9 cm³/mol. The molecular formula is C12H18ClNO2S. The molecule has 0 spiro atoms. The average Bonchev–Trinajstić information content (AvgIpc) is 2.20. The zero-order valence-electron chi connectivity index (χ0n) is 10.1. The van der Waals surface area contributed by atoms with Crippen molar-refractivity contribution in [2.45, 2.75) is 32.1 Å². The number of benzene rings is 1. The van der Waals surface area contributed by atoms with Crippen molar-refractivity contribution in [3.63, 3.8) is 0 Å². The quantitative estimate of drug-likeness (QED) is 0.897. The highest BCUT2D eigenvalue weighted by molar-refractivity contribution is 7.90. The molecule has 0 bridgehead atoms. The first-order chi connectivity index (χ1) is 7.80. The SMILES string of the molecule is Cc1ccc(CS(=O)(=O)CCC(C)N)c(Cl)c1. The first-order valence-corrected chi connectivity index (χ1v) is 7.71. The van der Waals surface area contributed by atoms with Crippen LogP contribution in [-0.4, -0.2) is 20.2 Å². The van der Waals surface area contributed by atoms with Gasteiger partial charge in [0.2, 0.25) is 0 Å². The van der Waals surface area contributed by atoms with Crippen molar-refractivity contribution in [2.75, 3.05) is 5.75 Å². The third-order valence-electron chi connectivity index (χ3n) is 2.47. The Morgan fingerprint density at radius 1 is 1.41 bits per heavy atom. The lowest BCUT2D eigenvalue weighted by atomic mass is 10.2. The molecule has 0 aromatic heterocycles. The summed E-state index contributed by atoms with van der Waals surface area (Å²) in [5.41, 5.74) is 7.23. The summed E-state index contributed by atoms with van der Waals surface area (Å²) in [6.07, 6.45) is 0.478. The molecule has 17 heavy (non-hydrogen) atoms. The van der Waals surface area contributed by atoms with Crippen LogP contribution < -0.4 is 5.73 Å². The van der Waals surface area contributed by atoms with Crippen LogP contribution >= 0.6 is 11.6 Å². The fourth-order valence-electron chi connectivity index (χ4n) is 1.44. The van der Waals surface area contributed by atoms with Gasteiger partial charge in [0.25, 0.3) is 0 Å². The van der Waals surface area contributed by atoms with Crippen molar-refractivity contribution < 1.29 is 8.42 Å². The summed E-state index contributed by atoms with van der Waals surface area (Å²) in [5.74, 6) is 0.0910. The largest absolute Gasteiger partial charge is 0.328 e. The summed E-state index contributed by atoms with van der Waals surface area (Å²) < 4.78 is 23.7. The lowest BCUT2D eigenvalue weighted by molar-refractivity contribution is 0.586. The van der Waals surface area contributed by atoms with Gasteiger partial charge in [-0.1, -0.05) is 23.7 Å². The molecule has 3 nitrogen and oxygen atoms in total. The molecule has 1 rings (SSSR count). The van der Waals surface area contributed by atoms with Gasteiger partial charge in [0.15, 0.2) is 9.84 Å². The number of hydrogen-bond acceptors (Lipinski definition) is 3. The Morgan fingerprint density at radius 2 is 2.06 bits per heavy atom. The molecule has 0 aliphatic heterocycles. The van der Waals surface area contributed by atoms with E-state index in [0.29, 0.717) is 17.0 Å². The molecule has 1 unspecified atom stereocenters. The fourth-order valence-corrected chi connectivity index (χ4v) is 3.43. The van der Waals surface area contributed by atoms with E-state index in [-0.39, 0.29) is 17.5 Å². The zero-order valence-corrected chi connectivity index (χ0v) is 11.7. The third kappa shape index (κ3) is 5.06. The van der Waals surface area contributed by atoms with E-state index in [0.717, 1.165) is 5.56 Å².